The number of ether oxygens (including phenoxy) is 1. The first kappa shape index (κ1) is 15.2. The number of carboxylic acid groups (broad SMARTS) is 1. The minimum atomic E-state index is -0.878. The van der Waals surface area contributed by atoms with Crippen LogP contribution in [0.5, 0.6) is 0 Å². The van der Waals surface area contributed by atoms with E-state index in [0.29, 0.717) is 13.2 Å². The van der Waals surface area contributed by atoms with Gasteiger partial charge in [0.15, 0.2) is 0 Å². The molecule has 0 amide bonds. The number of hydrogen-bond donors (Lipinski definition) is 2. The minimum absolute atomic E-state index is 0.499. The molecule has 0 spiro atoms. The molecule has 0 aliphatic rings. The maximum absolute atomic E-state index is 11.4. The molecule has 0 saturated heterocycles. The van der Waals surface area contributed by atoms with Crippen LogP contribution >= 0.6 is 0 Å². The van der Waals surface area contributed by atoms with Crippen LogP contribution in [0.4, 0.5) is 0 Å². The topological polar surface area (TPSA) is 58.6 Å². The lowest BCUT2D eigenvalue weighted by Gasteiger charge is -2.15. The van der Waals surface area contributed by atoms with Gasteiger partial charge in [-0.3, -0.25) is 10.1 Å². The molecule has 2 rings (SSSR count). The Morgan fingerprint density at radius 2 is 1.71 bits per heavy atom. The van der Waals surface area contributed by atoms with Crippen LogP contribution in [-0.4, -0.2) is 18.2 Å². The van der Waals surface area contributed by atoms with E-state index >= 15 is 0 Å². The number of aliphatic carboxylic acids is 1. The Hall–Kier alpha value is -2.17. The highest BCUT2D eigenvalue weighted by molar-refractivity contribution is 5.75. The quantitative estimate of drug-likeness (QED) is 0.821. The number of carboxylic acids is 1. The van der Waals surface area contributed by atoms with Crippen molar-refractivity contribution in [2.45, 2.75) is 19.2 Å². The predicted octanol–water partition coefficient (Wildman–Crippen LogP) is 2.75. The third-order valence-corrected chi connectivity index (χ3v) is 3.22. The fourth-order valence-corrected chi connectivity index (χ4v) is 2.13. The highest BCUT2D eigenvalue weighted by Gasteiger charge is 2.18. The van der Waals surface area contributed by atoms with Crippen molar-refractivity contribution < 1.29 is 14.6 Å². The van der Waals surface area contributed by atoms with E-state index < -0.39 is 12.0 Å². The second-order valence-corrected chi connectivity index (χ2v) is 4.81. The summed E-state index contributed by atoms with van der Waals surface area (Å²) in [5, 5.41) is 12.4. The summed E-state index contributed by atoms with van der Waals surface area (Å²) < 4.78 is 5.06. The van der Waals surface area contributed by atoms with Crippen LogP contribution in [0.2, 0.25) is 0 Å². The van der Waals surface area contributed by atoms with Gasteiger partial charge in [-0.2, -0.15) is 0 Å². The highest BCUT2D eigenvalue weighted by atomic mass is 16.5. The van der Waals surface area contributed by atoms with Crippen molar-refractivity contribution in [3.05, 3.63) is 71.3 Å². The predicted molar refractivity (Wildman–Crippen MR) is 80.8 cm³/mol. The van der Waals surface area contributed by atoms with E-state index in [1.165, 1.54) is 0 Å². The maximum atomic E-state index is 11.4. The molecule has 0 bridgehead atoms. The normalized spacial score (nSPS) is 12.0. The molecular weight excluding hydrogens is 266 g/mol. The molecular formula is C17H19NO3. The molecule has 1 unspecified atom stereocenters. The smallest absolute Gasteiger partial charge is 0.325 e. The van der Waals surface area contributed by atoms with Crippen molar-refractivity contribution in [1.82, 2.24) is 5.32 Å². The van der Waals surface area contributed by atoms with Crippen molar-refractivity contribution in [1.29, 1.82) is 0 Å². The Labute approximate surface area is 124 Å². The number of carbonyl (C=O) groups is 1. The molecule has 2 N–H and O–H groups in total. The molecule has 2 aromatic carbocycles. The van der Waals surface area contributed by atoms with Crippen molar-refractivity contribution in [2.75, 3.05) is 7.11 Å². The molecule has 0 heterocycles. The van der Waals surface area contributed by atoms with Crippen LogP contribution in [0.25, 0.3) is 0 Å². The minimum Gasteiger partial charge on any atom is -0.480 e. The molecule has 21 heavy (non-hydrogen) atoms. The van der Waals surface area contributed by atoms with Gasteiger partial charge in [-0.25, -0.2) is 0 Å². The summed E-state index contributed by atoms with van der Waals surface area (Å²) in [7, 11) is 1.66. The third kappa shape index (κ3) is 4.41. The Morgan fingerprint density at radius 1 is 1.10 bits per heavy atom. The standard InChI is InChI=1S/C17H19NO3/c1-21-12-14-9-7-13(8-10-14)11-18-16(17(19)20)15-5-3-2-4-6-15/h2-10,16,18H,11-12H2,1H3,(H,19,20). The number of nitrogens with one attached hydrogen (secondary N) is 1. The van der Waals surface area contributed by atoms with Gasteiger partial charge in [0, 0.05) is 13.7 Å². The molecule has 0 aliphatic heterocycles. The van der Waals surface area contributed by atoms with Gasteiger partial charge in [-0.1, -0.05) is 54.6 Å². The number of hydrogen-bond acceptors (Lipinski definition) is 3. The summed E-state index contributed by atoms with van der Waals surface area (Å²) in [5.74, 6) is -0.878. The van der Waals surface area contributed by atoms with E-state index in [-0.39, 0.29) is 0 Å². The molecule has 0 fully saturated rings. The van der Waals surface area contributed by atoms with E-state index in [2.05, 4.69) is 5.32 Å². The van der Waals surface area contributed by atoms with Gasteiger partial charge in [0.05, 0.1) is 6.61 Å². The van der Waals surface area contributed by atoms with E-state index in [4.69, 9.17) is 4.74 Å². The summed E-state index contributed by atoms with van der Waals surface area (Å²) in [5.41, 5.74) is 2.89. The van der Waals surface area contributed by atoms with E-state index in [1.807, 2.05) is 54.6 Å². The zero-order chi connectivity index (χ0) is 15.1. The first-order chi connectivity index (χ1) is 10.2. The van der Waals surface area contributed by atoms with Crippen molar-refractivity contribution >= 4 is 5.97 Å². The van der Waals surface area contributed by atoms with Crippen molar-refractivity contribution in [3.63, 3.8) is 0 Å². The van der Waals surface area contributed by atoms with Gasteiger partial charge < -0.3 is 9.84 Å². The van der Waals surface area contributed by atoms with E-state index in [1.54, 1.807) is 7.11 Å². The zero-order valence-electron chi connectivity index (χ0n) is 12.0. The summed E-state index contributed by atoms with van der Waals surface area (Å²) in [6.45, 7) is 1.08. The molecule has 2 aromatic rings. The molecule has 0 aromatic heterocycles. The second kappa shape index (κ2) is 7.57. The average molecular weight is 285 g/mol. The Morgan fingerprint density at radius 3 is 2.29 bits per heavy atom. The van der Waals surface area contributed by atoms with Crippen LogP contribution in [0.15, 0.2) is 54.6 Å². The largest absolute Gasteiger partial charge is 0.480 e. The summed E-state index contributed by atoms with van der Waals surface area (Å²) in [4.78, 5) is 11.4. The second-order valence-electron chi connectivity index (χ2n) is 4.81. The fourth-order valence-electron chi connectivity index (χ4n) is 2.13. The van der Waals surface area contributed by atoms with E-state index in [0.717, 1.165) is 16.7 Å². The molecule has 1 atom stereocenters. The Balaban J connectivity index is 2.00. The van der Waals surface area contributed by atoms with Gasteiger partial charge in [0.2, 0.25) is 0 Å². The summed E-state index contributed by atoms with van der Waals surface area (Å²) in [6.07, 6.45) is 0. The Kier molecular flexibility index (Phi) is 5.49. The van der Waals surface area contributed by atoms with Crippen LogP contribution in [-0.2, 0) is 22.7 Å². The fraction of sp³-hybridized carbons (Fsp3) is 0.235. The lowest BCUT2D eigenvalue weighted by Crippen LogP contribution is -2.28. The molecule has 0 saturated carbocycles. The molecule has 4 nitrogen and oxygen atoms in total. The summed E-state index contributed by atoms with van der Waals surface area (Å²) >= 11 is 0. The number of benzene rings is 2. The lowest BCUT2D eigenvalue weighted by molar-refractivity contribution is -0.139. The highest BCUT2D eigenvalue weighted by Crippen LogP contribution is 2.14. The van der Waals surface area contributed by atoms with Gasteiger partial charge in [-0.05, 0) is 16.7 Å². The van der Waals surface area contributed by atoms with Crippen molar-refractivity contribution in [2.24, 2.45) is 0 Å². The number of rotatable bonds is 7. The first-order valence-corrected chi connectivity index (χ1v) is 6.78. The van der Waals surface area contributed by atoms with Crippen LogP contribution in [0.3, 0.4) is 0 Å². The molecule has 0 radical (unpaired) electrons. The lowest BCUT2D eigenvalue weighted by atomic mass is 10.1. The van der Waals surface area contributed by atoms with Gasteiger partial charge in [-0.15, -0.1) is 0 Å². The first-order valence-electron chi connectivity index (χ1n) is 6.78. The van der Waals surface area contributed by atoms with Crippen LogP contribution in [0, 0.1) is 0 Å². The third-order valence-electron chi connectivity index (χ3n) is 3.22. The average Bonchev–Trinajstić information content (AvgIpc) is 2.50. The Bertz CT molecular complexity index is 566. The molecule has 0 aliphatic carbocycles. The van der Waals surface area contributed by atoms with Crippen LogP contribution in [0.1, 0.15) is 22.7 Å². The van der Waals surface area contributed by atoms with E-state index in [9.17, 15) is 9.90 Å². The van der Waals surface area contributed by atoms with Crippen LogP contribution < -0.4 is 5.32 Å². The zero-order valence-corrected chi connectivity index (χ0v) is 12.0. The summed E-state index contributed by atoms with van der Waals surface area (Å²) in [6, 6.07) is 16.4. The maximum Gasteiger partial charge on any atom is 0.325 e. The van der Waals surface area contributed by atoms with Gasteiger partial charge >= 0.3 is 5.97 Å². The molecule has 4 heteroatoms. The SMILES string of the molecule is COCc1ccc(CNC(C(=O)O)c2ccccc2)cc1. The van der Waals surface area contributed by atoms with Crippen molar-refractivity contribution in [3.8, 4) is 0 Å². The van der Waals surface area contributed by atoms with Gasteiger partial charge in [0.1, 0.15) is 6.04 Å². The molecule has 110 valence electrons. The number of methoxy groups -OCH3 is 1. The monoisotopic (exact) mass is 285 g/mol. The van der Waals surface area contributed by atoms with Gasteiger partial charge in [0.25, 0.3) is 0 Å².